The van der Waals surface area contributed by atoms with Crippen LogP contribution in [-0.2, 0) is 4.79 Å². The van der Waals surface area contributed by atoms with Crippen molar-refractivity contribution in [2.75, 3.05) is 51.2 Å². The fourth-order valence-corrected chi connectivity index (χ4v) is 5.71. The third-order valence-electron chi connectivity index (χ3n) is 7.42. The summed E-state index contributed by atoms with van der Waals surface area (Å²) in [5.74, 6) is 0.0413. The maximum atomic E-state index is 14.7. The van der Waals surface area contributed by atoms with E-state index in [1.807, 2.05) is 11.9 Å². The van der Waals surface area contributed by atoms with Crippen molar-refractivity contribution in [2.45, 2.75) is 13.0 Å². The van der Waals surface area contributed by atoms with Gasteiger partial charge in [0.2, 0.25) is 11.8 Å². The Labute approximate surface area is 244 Å². The molecule has 4 aromatic rings. The van der Waals surface area contributed by atoms with E-state index in [4.69, 9.17) is 42.6 Å². The number of likely N-dealkylation sites (tertiary alicyclic amines) is 1. The number of hydrogen-bond acceptors (Lipinski definition) is 9. The number of likely N-dealkylation sites (N-methyl/N-ethyl adjacent to an activating group) is 1. The van der Waals surface area contributed by atoms with Gasteiger partial charge in [-0.1, -0.05) is 36.7 Å². The summed E-state index contributed by atoms with van der Waals surface area (Å²) in [6, 6.07) is 3.04. The summed E-state index contributed by atoms with van der Waals surface area (Å²) >= 11 is 12.8. The molecule has 1 amide bonds. The van der Waals surface area contributed by atoms with Gasteiger partial charge < -0.3 is 24.2 Å². The summed E-state index contributed by atoms with van der Waals surface area (Å²) in [5, 5.41) is 7.61. The number of aromatic amines is 1. The van der Waals surface area contributed by atoms with E-state index in [1.54, 1.807) is 11.0 Å². The minimum atomic E-state index is -0.685. The number of H-pyrrole nitrogens is 1. The molecule has 0 saturated carbocycles. The molecule has 2 aliphatic heterocycles. The molecule has 2 aliphatic rings. The largest absolute Gasteiger partial charge is 0.458 e. The molecule has 5 heterocycles. The number of nitrogens with one attached hydrogen (secondary N) is 1. The molecule has 3 aromatic heterocycles. The molecule has 14 heteroatoms. The number of pyridine rings is 1. The van der Waals surface area contributed by atoms with E-state index < -0.39 is 5.82 Å². The van der Waals surface area contributed by atoms with Gasteiger partial charge in [0.1, 0.15) is 33.4 Å². The number of hydrogen-bond donors (Lipinski definition) is 1. The monoisotopic (exact) mass is 600 g/mol. The summed E-state index contributed by atoms with van der Waals surface area (Å²) in [4.78, 5) is 32.0. The van der Waals surface area contributed by atoms with Crippen molar-refractivity contribution in [3.05, 3.63) is 47.0 Å². The number of ether oxygens (including phenoxy) is 2. The predicted octanol–water partition coefficient (Wildman–Crippen LogP) is 4.30. The molecule has 6 rings (SSSR count). The molecule has 41 heavy (non-hydrogen) atoms. The second-order valence-corrected chi connectivity index (χ2v) is 11.0. The topological polar surface area (TPSA) is 113 Å². The van der Waals surface area contributed by atoms with E-state index >= 15 is 0 Å². The number of amides is 1. The minimum Gasteiger partial charge on any atom is -0.458 e. The Kier molecular flexibility index (Phi) is 7.30. The smallest absolute Gasteiger partial charge is 0.319 e. The van der Waals surface area contributed by atoms with E-state index in [0.717, 1.165) is 13.1 Å². The summed E-state index contributed by atoms with van der Waals surface area (Å²) in [6.07, 6.45) is 2.67. The summed E-state index contributed by atoms with van der Waals surface area (Å²) in [7, 11) is 2.04. The first kappa shape index (κ1) is 27.4. The molecule has 0 bridgehead atoms. The number of carbonyl (C=O) groups excluding carboxylic acids is 1. The van der Waals surface area contributed by atoms with Crippen LogP contribution in [0.1, 0.15) is 6.92 Å². The number of aromatic nitrogens is 5. The number of anilines is 1. The Morgan fingerprint density at radius 3 is 2.63 bits per heavy atom. The van der Waals surface area contributed by atoms with Gasteiger partial charge in [0, 0.05) is 51.3 Å². The number of piperazine rings is 1. The van der Waals surface area contributed by atoms with Crippen LogP contribution >= 0.6 is 23.2 Å². The van der Waals surface area contributed by atoms with Gasteiger partial charge in [0.05, 0.1) is 22.5 Å². The first-order valence-electron chi connectivity index (χ1n) is 13.1. The molecule has 1 N–H and O–H groups in total. The first-order valence-corrected chi connectivity index (χ1v) is 13.9. The van der Waals surface area contributed by atoms with Gasteiger partial charge in [0.25, 0.3) is 0 Å². The Hall–Kier alpha value is -3.74. The standard InChI is InChI=1S/C27H27Cl2FN8O3/c1-4-21(39)37-5-7-38(8-6-37)25-15-9-20(28)32-26(41-24-16-11-31-35-18(16)10-17(30)22(24)29)23(15)33-27(34-25)40-19-13-36(3)12-14(19)2/h4,9-11,14,19H,1,5-8,12-13H2,2-3H3,(H,31,35)/t14-,19+/m1/s1. The Morgan fingerprint density at radius 2 is 1.93 bits per heavy atom. The van der Waals surface area contributed by atoms with Gasteiger partial charge in [-0.3, -0.25) is 9.89 Å². The van der Waals surface area contributed by atoms with Crippen LogP contribution in [0.25, 0.3) is 21.8 Å². The number of nitrogens with zero attached hydrogens (tertiary/aromatic N) is 7. The van der Waals surface area contributed by atoms with Crippen molar-refractivity contribution >= 4 is 56.7 Å². The molecular formula is C27H27Cl2FN8O3. The lowest BCUT2D eigenvalue weighted by Gasteiger charge is -2.35. The fourth-order valence-electron chi connectivity index (χ4n) is 5.33. The quantitative estimate of drug-likeness (QED) is 0.255. The van der Waals surface area contributed by atoms with Crippen LogP contribution in [-0.4, -0.2) is 93.3 Å². The van der Waals surface area contributed by atoms with Gasteiger partial charge in [-0.25, -0.2) is 4.39 Å². The van der Waals surface area contributed by atoms with Crippen LogP contribution < -0.4 is 14.4 Å². The molecule has 2 saturated heterocycles. The van der Waals surface area contributed by atoms with Crippen molar-refractivity contribution in [3.63, 3.8) is 0 Å². The van der Waals surface area contributed by atoms with Gasteiger partial charge in [-0.2, -0.15) is 20.1 Å². The average Bonchev–Trinajstić information content (AvgIpc) is 3.55. The lowest BCUT2D eigenvalue weighted by atomic mass is 10.1. The zero-order valence-corrected chi connectivity index (χ0v) is 23.9. The highest BCUT2D eigenvalue weighted by atomic mass is 35.5. The van der Waals surface area contributed by atoms with Gasteiger partial charge in [-0.05, 0) is 19.2 Å². The van der Waals surface area contributed by atoms with Crippen molar-refractivity contribution in [3.8, 4) is 17.6 Å². The molecule has 0 spiro atoms. The Bertz CT molecular complexity index is 1660. The van der Waals surface area contributed by atoms with Crippen LogP contribution in [0.3, 0.4) is 0 Å². The Balaban J connectivity index is 1.46. The number of halogens is 3. The van der Waals surface area contributed by atoms with E-state index in [1.165, 1.54) is 18.3 Å². The van der Waals surface area contributed by atoms with E-state index in [0.29, 0.717) is 53.8 Å². The molecule has 11 nitrogen and oxygen atoms in total. The van der Waals surface area contributed by atoms with Crippen LogP contribution in [0.2, 0.25) is 10.2 Å². The minimum absolute atomic E-state index is 0.00746. The maximum absolute atomic E-state index is 14.7. The van der Waals surface area contributed by atoms with Crippen molar-refractivity contribution < 1.29 is 18.7 Å². The van der Waals surface area contributed by atoms with Gasteiger partial charge in [-0.15, -0.1) is 0 Å². The van der Waals surface area contributed by atoms with Crippen LogP contribution in [0.5, 0.6) is 17.6 Å². The number of fused-ring (bicyclic) bond motifs is 2. The third-order valence-corrected chi connectivity index (χ3v) is 7.97. The van der Waals surface area contributed by atoms with Crippen LogP contribution in [0.4, 0.5) is 10.2 Å². The highest BCUT2D eigenvalue weighted by molar-refractivity contribution is 6.33. The number of benzene rings is 1. The molecule has 2 atom stereocenters. The number of rotatable bonds is 6. The highest BCUT2D eigenvalue weighted by Gasteiger charge is 2.31. The highest BCUT2D eigenvalue weighted by Crippen LogP contribution is 2.41. The summed E-state index contributed by atoms with van der Waals surface area (Å²) in [6.45, 7) is 9.29. The zero-order chi connectivity index (χ0) is 28.8. The van der Waals surface area contributed by atoms with Crippen LogP contribution in [0, 0.1) is 11.7 Å². The van der Waals surface area contributed by atoms with E-state index in [-0.39, 0.29) is 45.7 Å². The van der Waals surface area contributed by atoms with Crippen molar-refractivity contribution in [1.82, 2.24) is 34.9 Å². The first-order chi connectivity index (χ1) is 19.7. The van der Waals surface area contributed by atoms with Gasteiger partial charge >= 0.3 is 6.01 Å². The van der Waals surface area contributed by atoms with Crippen molar-refractivity contribution in [1.29, 1.82) is 0 Å². The summed E-state index contributed by atoms with van der Waals surface area (Å²) in [5.41, 5.74) is 0.717. The molecule has 0 radical (unpaired) electrons. The zero-order valence-electron chi connectivity index (χ0n) is 22.4. The molecule has 0 aliphatic carbocycles. The SMILES string of the molecule is C=CC(=O)N1CCN(c2nc(O[C@H]3CN(C)C[C@H]3C)nc3c(Oc4c(Cl)c(F)cc5[nH]ncc45)nc(Cl)cc23)CC1. The molecule has 2 fully saturated rings. The lowest BCUT2D eigenvalue weighted by molar-refractivity contribution is -0.126. The molecule has 1 aromatic carbocycles. The van der Waals surface area contributed by atoms with E-state index in [9.17, 15) is 9.18 Å². The number of carbonyl (C=O) groups is 1. The van der Waals surface area contributed by atoms with Crippen LogP contribution in [0.15, 0.2) is 31.0 Å². The molecule has 214 valence electrons. The van der Waals surface area contributed by atoms with E-state index in [2.05, 4.69) is 33.6 Å². The average molecular weight is 601 g/mol. The summed E-state index contributed by atoms with van der Waals surface area (Å²) < 4.78 is 27.2. The van der Waals surface area contributed by atoms with Crippen molar-refractivity contribution in [2.24, 2.45) is 5.92 Å². The molecular weight excluding hydrogens is 574 g/mol. The third kappa shape index (κ3) is 5.22. The fraction of sp³-hybridized carbons (Fsp3) is 0.370. The second kappa shape index (κ2) is 10.9. The molecule has 0 unspecified atom stereocenters. The lowest BCUT2D eigenvalue weighted by Crippen LogP contribution is -2.48. The Morgan fingerprint density at radius 1 is 1.15 bits per heavy atom. The second-order valence-electron chi connectivity index (χ2n) is 10.3. The maximum Gasteiger partial charge on any atom is 0.319 e. The normalized spacial score (nSPS) is 19.7. The predicted molar refractivity (Wildman–Crippen MR) is 154 cm³/mol. The van der Waals surface area contributed by atoms with Gasteiger partial charge in [0.15, 0.2) is 5.75 Å².